The standard InChI is InChI=1S/C13H13N5/c14-11-5-2-10(3-6-11)4-7-12-16-17-13-15-8-1-9-18(12)13/h1-3,5-6,8-9H,4,7,14H2. The van der Waals surface area contributed by atoms with Crippen molar-refractivity contribution in [2.75, 3.05) is 5.73 Å². The summed E-state index contributed by atoms with van der Waals surface area (Å²) in [5, 5.41) is 8.18. The number of anilines is 1. The van der Waals surface area contributed by atoms with Crippen molar-refractivity contribution < 1.29 is 0 Å². The third-order valence-corrected chi connectivity index (χ3v) is 2.88. The number of hydrogen-bond donors (Lipinski definition) is 1. The first-order chi connectivity index (χ1) is 8.83. The Morgan fingerprint density at radius 2 is 1.89 bits per heavy atom. The summed E-state index contributed by atoms with van der Waals surface area (Å²) in [7, 11) is 0. The van der Waals surface area contributed by atoms with Gasteiger partial charge in [0.1, 0.15) is 5.82 Å². The van der Waals surface area contributed by atoms with Gasteiger partial charge in [-0.1, -0.05) is 12.1 Å². The maximum Gasteiger partial charge on any atom is 0.254 e. The van der Waals surface area contributed by atoms with Crippen molar-refractivity contribution >= 4 is 11.5 Å². The van der Waals surface area contributed by atoms with Crippen LogP contribution in [0.15, 0.2) is 42.7 Å². The summed E-state index contributed by atoms with van der Waals surface area (Å²) in [6, 6.07) is 9.79. The van der Waals surface area contributed by atoms with Gasteiger partial charge in [-0.3, -0.25) is 4.40 Å². The SMILES string of the molecule is Nc1ccc(CCc2nnc3ncccn23)cc1. The number of nitrogen functional groups attached to an aromatic ring is 1. The van der Waals surface area contributed by atoms with Gasteiger partial charge in [0.05, 0.1) is 0 Å². The first-order valence-electron chi connectivity index (χ1n) is 5.82. The number of aromatic nitrogens is 4. The first-order valence-corrected chi connectivity index (χ1v) is 5.82. The van der Waals surface area contributed by atoms with E-state index < -0.39 is 0 Å². The Bertz CT molecular complexity index is 656. The van der Waals surface area contributed by atoms with Gasteiger partial charge in [-0.2, -0.15) is 0 Å². The van der Waals surface area contributed by atoms with E-state index in [1.54, 1.807) is 6.20 Å². The summed E-state index contributed by atoms with van der Waals surface area (Å²) in [6.45, 7) is 0. The monoisotopic (exact) mass is 239 g/mol. The Morgan fingerprint density at radius 3 is 2.72 bits per heavy atom. The maximum atomic E-state index is 5.66. The number of fused-ring (bicyclic) bond motifs is 1. The molecular formula is C13H13N5. The number of nitrogens with two attached hydrogens (primary N) is 1. The van der Waals surface area contributed by atoms with Crippen molar-refractivity contribution in [2.24, 2.45) is 0 Å². The van der Waals surface area contributed by atoms with Crippen LogP contribution in [0.2, 0.25) is 0 Å². The fourth-order valence-electron chi connectivity index (χ4n) is 1.90. The Hall–Kier alpha value is -2.43. The number of aryl methyl sites for hydroxylation is 2. The molecule has 2 heterocycles. The summed E-state index contributed by atoms with van der Waals surface area (Å²) < 4.78 is 1.91. The molecule has 1 aromatic carbocycles. The van der Waals surface area contributed by atoms with Crippen LogP contribution in [-0.2, 0) is 12.8 Å². The lowest BCUT2D eigenvalue weighted by molar-refractivity contribution is 0.838. The lowest BCUT2D eigenvalue weighted by atomic mass is 10.1. The highest BCUT2D eigenvalue weighted by Gasteiger charge is 2.05. The minimum atomic E-state index is 0.643. The molecule has 0 fully saturated rings. The molecule has 0 aliphatic rings. The number of benzene rings is 1. The molecule has 3 aromatic rings. The Balaban J connectivity index is 1.79. The van der Waals surface area contributed by atoms with Crippen molar-refractivity contribution in [2.45, 2.75) is 12.8 Å². The molecule has 0 saturated heterocycles. The fourth-order valence-corrected chi connectivity index (χ4v) is 1.90. The molecule has 0 spiro atoms. The molecule has 2 N–H and O–H groups in total. The van der Waals surface area contributed by atoms with E-state index in [4.69, 9.17) is 5.73 Å². The third kappa shape index (κ3) is 2.02. The molecule has 0 atom stereocenters. The van der Waals surface area contributed by atoms with Crippen LogP contribution in [0, 0.1) is 0 Å². The largest absolute Gasteiger partial charge is 0.399 e. The van der Waals surface area contributed by atoms with Gasteiger partial charge in [0, 0.05) is 24.5 Å². The van der Waals surface area contributed by atoms with Gasteiger partial charge in [-0.25, -0.2) is 4.98 Å². The molecule has 5 nitrogen and oxygen atoms in total. The number of hydrogen-bond acceptors (Lipinski definition) is 4. The van der Waals surface area contributed by atoms with Crippen LogP contribution >= 0.6 is 0 Å². The number of nitrogens with zero attached hydrogens (tertiary/aromatic N) is 4. The molecule has 0 amide bonds. The van der Waals surface area contributed by atoms with Gasteiger partial charge < -0.3 is 5.73 Å². The first kappa shape index (κ1) is 10.7. The van der Waals surface area contributed by atoms with Gasteiger partial charge in [0.25, 0.3) is 5.78 Å². The molecule has 0 aliphatic carbocycles. The summed E-state index contributed by atoms with van der Waals surface area (Å²) >= 11 is 0. The van der Waals surface area contributed by atoms with Crippen molar-refractivity contribution in [1.29, 1.82) is 0 Å². The zero-order chi connectivity index (χ0) is 12.4. The quantitative estimate of drug-likeness (QED) is 0.703. The molecule has 0 unspecified atom stereocenters. The molecule has 18 heavy (non-hydrogen) atoms. The minimum absolute atomic E-state index is 0.643. The summed E-state index contributed by atoms with van der Waals surface area (Å²) in [4.78, 5) is 4.14. The molecule has 0 radical (unpaired) electrons. The Labute approximate surface area is 104 Å². The summed E-state index contributed by atoms with van der Waals surface area (Å²) in [5.74, 6) is 1.57. The normalized spacial score (nSPS) is 10.9. The van der Waals surface area contributed by atoms with Gasteiger partial charge in [-0.05, 0) is 30.2 Å². The molecule has 2 aromatic heterocycles. The van der Waals surface area contributed by atoms with Gasteiger partial charge in [-0.15, -0.1) is 10.2 Å². The average molecular weight is 239 g/mol. The molecule has 5 heteroatoms. The fraction of sp³-hybridized carbons (Fsp3) is 0.154. The van der Waals surface area contributed by atoms with Gasteiger partial charge in [0.15, 0.2) is 0 Å². The second kappa shape index (κ2) is 4.44. The average Bonchev–Trinajstić information content (AvgIpc) is 2.82. The zero-order valence-electron chi connectivity index (χ0n) is 9.82. The van der Waals surface area contributed by atoms with Crippen molar-refractivity contribution in [3.8, 4) is 0 Å². The molecular weight excluding hydrogens is 226 g/mol. The van der Waals surface area contributed by atoms with Gasteiger partial charge >= 0.3 is 0 Å². The van der Waals surface area contributed by atoms with E-state index in [2.05, 4.69) is 15.2 Å². The highest BCUT2D eigenvalue weighted by atomic mass is 15.3. The van der Waals surface area contributed by atoms with Crippen molar-refractivity contribution in [3.05, 3.63) is 54.1 Å². The number of rotatable bonds is 3. The summed E-state index contributed by atoms with van der Waals surface area (Å²) in [6.07, 6.45) is 5.39. The second-order valence-corrected chi connectivity index (χ2v) is 4.15. The van der Waals surface area contributed by atoms with Crippen LogP contribution < -0.4 is 5.73 Å². The highest BCUT2D eigenvalue weighted by Crippen LogP contribution is 2.09. The van der Waals surface area contributed by atoms with E-state index in [0.29, 0.717) is 5.78 Å². The highest BCUT2D eigenvalue weighted by molar-refractivity contribution is 5.39. The van der Waals surface area contributed by atoms with E-state index >= 15 is 0 Å². The van der Waals surface area contributed by atoms with Crippen LogP contribution in [0.3, 0.4) is 0 Å². The lowest BCUT2D eigenvalue weighted by Crippen LogP contribution is -1.98. The zero-order valence-corrected chi connectivity index (χ0v) is 9.82. The van der Waals surface area contributed by atoms with Crippen LogP contribution in [0.4, 0.5) is 5.69 Å². The molecule has 90 valence electrons. The van der Waals surface area contributed by atoms with Gasteiger partial charge in [0.2, 0.25) is 0 Å². The Kier molecular flexibility index (Phi) is 2.64. The second-order valence-electron chi connectivity index (χ2n) is 4.15. The van der Waals surface area contributed by atoms with Crippen molar-refractivity contribution in [1.82, 2.24) is 19.6 Å². The summed E-state index contributed by atoms with van der Waals surface area (Å²) in [5.41, 5.74) is 7.69. The predicted molar refractivity (Wildman–Crippen MR) is 69.0 cm³/mol. The van der Waals surface area contributed by atoms with E-state index in [9.17, 15) is 0 Å². The minimum Gasteiger partial charge on any atom is -0.399 e. The van der Waals surface area contributed by atoms with Crippen LogP contribution in [0.1, 0.15) is 11.4 Å². The van der Waals surface area contributed by atoms with E-state index in [1.165, 1.54) is 5.56 Å². The Morgan fingerprint density at radius 1 is 1.06 bits per heavy atom. The smallest absolute Gasteiger partial charge is 0.254 e. The lowest BCUT2D eigenvalue weighted by Gasteiger charge is -2.01. The molecule has 0 aliphatic heterocycles. The molecule has 3 rings (SSSR count). The predicted octanol–water partition coefficient (Wildman–Crippen LogP) is 1.49. The molecule has 0 bridgehead atoms. The maximum absolute atomic E-state index is 5.66. The van der Waals surface area contributed by atoms with Crippen molar-refractivity contribution in [3.63, 3.8) is 0 Å². The molecule has 0 saturated carbocycles. The van der Waals surface area contributed by atoms with E-state index in [0.717, 1.165) is 24.4 Å². The van der Waals surface area contributed by atoms with Crippen LogP contribution in [-0.4, -0.2) is 19.6 Å². The van der Waals surface area contributed by atoms with Crippen LogP contribution in [0.25, 0.3) is 5.78 Å². The van der Waals surface area contributed by atoms with Crippen LogP contribution in [0.5, 0.6) is 0 Å². The van der Waals surface area contributed by atoms with E-state index in [-0.39, 0.29) is 0 Å². The topological polar surface area (TPSA) is 69.1 Å². The van der Waals surface area contributed by atoms with E-state index in [1.807, 2.05) is 40.9 Å². The third-order valence-electron chi connectivity index (χ3n) is 2.88.